The van der Waals surface area contributed by atoms with Crippen LogP contribution in [0.1, 0.15) is 12.8 Å². The van der Waals surface area contributed by atoms with Crippen molar-refractivity contribution < 1.29 is 0 Å². The van der Waals surface area contributed by atoms with Crippen LogP contribution in [-0.2, 0) is 0 Å². The maximum atomic E-state index is 5.92. The number of hydrogen-bond acceptors (Lipinski definition) is 1. The Kier molecular flexibility index (Phi) is 0.583. The smallest absolute Gasteiger partial charge is 0.0942 e. The molecule has 7 heavy (non-hydrogen) atoms. The van der Waals surface area contributed by atoms with Gasteiger partial charge in [-0.1, -0.05) is 0 Å². The molecule has 2 heteroatoms. The minimum absolute atomic E-state index is 0.0602. The van der Waals surface area contributed by atoms with Crippen molar-refractivity contribution in [1.29, 1.82) is 0 Å². The van der Waals surface area contributed by atoms with Gasteiger partial charge in [-0.05, 0) is 25.3 Å². The van der Waals surface area contributed by atoms with Crippen molar-refractivity contribution in [2.45, 2.75) is 17.8 Å². The number of fused-ring (bicyclic) bond motifs is 1. The highest BCUT2D eigenvalue weighted by Crippen LogP contribution is 2.46. The lowest BCUT2D eigenvalue weighted by atomic mass is 9.86. The average molecular weight is 118 g/mol. The van der Waals surface area contributed by atoms with Gasteiger partial charge in [-0.2, -0.15) is 0 Å². The van der Waals surface area contributed by atoms with Crippen LogP contribution >= 0.6 is 11.6 Å². The average Bonchev–Trinajstić information content (AvgIpc) is 1.88. The Morgan fingerprint density at radius 3 is 2.43 bits per heavy atom. The Morgan fingerprint density at radius 2 is 2.29 bits per heavy atom. The first-order chi connectivity index (χ1) is 3.29. The zero-order valence-corrected chi connectivity index (χ0v) is 4.83. The third kappa shape index (κ3) is 0.428. The first-order valence-electron chi connectivity index (χ1n) is 2.72. The lowest BCUT2D eigenvalue weighted by molar-refractivity contribution is 0.328. The summed E-state index contributed by atoms with van der Waals surface area (Å²) in [4.78, 5) is 0.0602. The van der Waals surface area contributed by atoms with Gasteiger partial charge in [0.05, 0.1) is 5.00 Å². The summed E-state index contributed by atoms with van der Waals surface area (Å²) in [6.45, 7) is 1.16. The second kappa shape index (κ2) is 0.981. The lowest BCUT2D eigenvalue weighted by Gasteiger charge is -2.30. The topological polar surface area (TPSA) is 12.0 Å². The van der Waals surface area contributed by atoms with Crippen molar-refractivity contribution in [2.24, 2.45) is 5.92 Å². The molecular formula is C5H8ClN. The Labute approximate surface area is 48.0 Å². The third-order valence-electron chi connectivity index (χ3n) is 1.93. The summed E-state index contributed by atoms with van der Waals surface area (Å²) in [5.74, 6) is 0.914. The fourth-order valence-corrected chi connectivity index (χ4v) is 1.98. The lowest BCUT2D eigenvalue weighted by Crippen LogP contribution is -2.36. The molecule has 3 fully saturated rings. The highest BCUT2D eigenvalue weighted by molar-refractivity contribution is 6.24. The Hall–Kier alpha value is 0.250. The molecule has 0 atom stereocenters. The van der Waals surface area contributed by atoms with Crippen LogP contribution in [0, 0.1) is 5.92 Å². The van der Waals surface area contributed by atoms with Crippen molar-refractivity contribution in [3.8, 4) is 0 Å². The quantitative estimate of drug-likeness (QED) is 0.368. The summed E-state index contributed by atoms with van der Waals surface area (Å²) < 4.78 is 0. The van der Waals surface area contributed by atoms with E-state index in [4.69, 9.17) is 11.6 Å². The minimum Gasteiger partial charge on any atom is -0.298 e. The van der Waals surface area contributed by atoms with Gasteiger partial charge in [0.2, 0.25) is 0 Å². The van der Waals surface area contributed by atoms with Crippen LogP contribution in [0.25, 0.3) is 0 Å². The summed E-state index contributed by atoms with van der Waals surface area (Å²) in [6.07, 6.45) is 2.41. The number of halogens is 1. The molecule has 1 nitrogen and oxygen atoms in total. The van der Waals surface area contributed by atoms with E-state index in [0.717, 1.165) is 12.5 Å². The largest absolute Gasteiger partial charge is 0.298 e. The fraction of sp³-hybridized carbons (Fsp3) is 1.00. The molecule has 0 aromatic heterocycles. The van der Waals surface area contributed by atoms with Crippen molar-refractivity contribution in [3.05, 3.63) is 0 Å². The van der Waals surface area contributed by atoms with Crippen LogP contribution < -0.4 is 5.32 Å². The zero-order chi connectivity index (χ0) is 4.91. The van der Waals surface area contributed by atoms with Gasteiger partial charge in [0.25, 0.3) is 0 Å². The van der Waals surface area contributed by atoms with Crippen LogP contribution in [0.5, 0.6) is 0 Å². The normalized spacial score (nSPS) is 57.0. The highest BCUT2D eigenvalue weighted by atomic mass is 35.5. The van der Waals surface area contributed by atoms with Crippen LogP contribution in [0.3, 0.4) is 0 Å². The summed E-state index contributed by atoms with van der Waals surface area (Å²) in [7, 11) is 0. The molecule has 0 radical (unpaired) electrons. The first-order valence-corrected chi connectivity index (χ1v) is 3.10. The van der Waals surface area contributed by atoms with Gasteiger partial charge in [0, 0.05) is 0 Å². The molecule has 2 aliphatic heterocycles. The van der Waals surface area contributed by atoms with Crippen molar-refractivity contribution in [2.75, 3.05) is 6.54 Å². The molecule has 2 heterocycles. The van der Waals surface area contributed by atoms with Gasteiger partial charge >= 0.3 is 0 Å². The second-order valence-corrected chi connectivity index (χ2v) is 3.34. The fourth-order valence-electron chi connectivity index (χ4n) is 1.47. The van der Waals surface area contributed by atoms with E-state index in [2.05, 4.69) is 5.32 Å². The number of alkyl halides is 1. The molecule has 0 aromatic carbocycles. The molecule has 40 valence electrons. The molecule has 0 aromatic rings. The summed E-state index contributed by atoms with van der Waals surface area (Å²) in [5.41, 5.74) is 0. The summed E-state index contributed by atoms with van der Waals surface area (Å²) in [5, 5.41) is 3.24. The van der Waals surface area contributed by atoms with Gasteiger partial charge in [-0.25, -0.2) is 0 Å². The van der Waals surface area contributed by atoms with E-state index in [9.17, 15) is 0 Å². The summed E-state index contributed by atoms with van der Waals surface area (Å²) in [6, 6.07) is 0. The van der Waals surface area contributed by atoms with Crippen molar-refractivity contribution >= 4 is 11.6 Å². The predicted octanol–water partition coefficient (Wildman–Crippen LogP) is 0.935. The van der Waals surface area contributed by atoms with Gasteiger partial charge in [-0.15, -0.1) is 11.6 Å². The van der Waals surface area contributed by atoms with E-state index in [1.807, 2.05) is 0 Å². The second-order valence-electron chi connectivity index (χ2n) is 2.62. The number of rotatable bonds is 0. The van der Waals surface area contributed by atoms with Crippen molar-refractivity contribution in [3.63, 3.8) is 0 Å². The molecule has 0 amide bonds. The maximum absolute atomic E-state index is 5.92. The van der Waals surface area contributed by atoms with Gasteiger partial charge in [-0.3, -0.25) is 5.32 Å². The molecule has 0 spiro atoms. The van der Waals surface area contributed by atoms with E-state index in [-0.39, 0.29) is 5.00 Å². The van der Waals surface area contributed by atoms with E-state index >= 15 is 0 Å². The van der Waals surface area contributed by atoms with Gasteiger partial charge in [0.15, 0.2) is 0 Å². The minimum atomic E-state index is 0.0602. The van der Waals surface area contributed by atoms with Crippen LogP contribution in [0.15, 0.2) is 0 Å². The van der Waals surface area contributed by atoms with E-state index in [1.165, 1.54) is 12.8 Å². The van der Waals surface area contributed by atoms with Gasteiger partial charge < -0.3 is 0 Å². The Bertz CT molecular complexity index is 90.7. The van der Waals surface area contributed by atoms with Crippen LogP contribution in [-0.4, -0.2) is 11.5 Å². The van der Waals surface area contributed by atoms with Crippen LogP contribution in [0.2, 0.25) is 0 Å². The SMILES string of the molecule is ClC12CC(CN1)C2. The van der Waals surface area contributed by atoms with Crippen molar-refractivity contribution in [1.82, 2.24) is 5.32 Å². The highest BCUT2D eigenvalue weighted by Gasteiger charge is 2.48. The summed E-state index contributed by atoms with van der Waals surface area (Å²) >= 11 is 5.92. The molecular weight excluding hydrogens is 110 g/mol. The number of nitrogens with one attached hydrogen (secondary N) is 1. The van der Waals surface area contributed by atoms with E-state index in [0.29, 0.717) is 0 Å². The molecule has 2 saturated heterocycles. The monoisotopic (exact) mass is 117 g/mol. The standard InChI is InChI=1S/C5H8ClN/c6-5-1-4(2-5)3-7-5/h4,7H,1-3H2. The predicted molar refractivity (Wildman–Crippen MR) is 29.3 cm³/mol. The van der Waals surface area contributed by atoms with E-state index < -0.39 is 0 Å². The molecule has 0 unspecified atom stereocenters. The van der Waals surface area contributed by atoms with Crippen LogP contribution in [0.4, 0.5) is 0 Å². The molecule has 2 bridgehead atoms. The Morgan fingerprint density at radius 1 is 1.57 bits per heavy atom. The Balaban J connectivity index is 2.20. The molecule has 1 aliphatic carbocycles. The van der Waals surface area contributed by atoms with E-state index in [1.54, 1.807) is 0 Å². The third-order valence-corrected chi connectivity index (χ3v) is 2.37. The molecule has 3 aliphatic rings. The molecule has 3 rings (SSSR count). The molecule has 1 N–H and O–H groups in total. The zero-order valence-electron chi connectivity index (χ0n) is 4.08. The van der Waals surface area contributed by atoms with Gasteiger partial charge in [0.1, 0.15) is 0 Å². The molecule has 1 saturated carbocycles. The maximum Gasteiger partial charge on any atom is 0.0942 e. The number of hydrogen-bond donors (Lipinski definition) is 1. The first kappa shape index (κ1) is 4.16.